The molecule has 2 unspecified atom stereocenters. The van der Waals surface area contributed by atoms with E-state index in [0.717, 1.165) is 0 Å². The lowest BCUT2D eigenvalue weighted by Crippen LogP contribution is -2.49. The van der Waals surface area contributed by atoms with Gasteiger partial charge in [-0.15, -0.1) is 0 Å². The van der Waals surface area contributed by atoms with E-state index in [9.17, 15) is 28.8 Å². The molecule has 0 aromatic heterocycles. The second-order valence-corrected chi connectivity index (χ2v) is 5.16. The molecule has 0 rings (SSSR count). The Morgan fingerprint density at radius 3 is 2.00 bits per heavy atom. The Labute approximate surface area is 147 Å². The van der Waals surface area contributed by atoms with Gasteiger partial charge in [0, 0.05) is 6.42 Å². The summed E-state index contributed by atoms with van der Waals surface area (Å²) in [6, 6.07) is -2.68. The summed E-state index contributed by atoms with van der Waals surface area (Å²) in [7, 11) is 0. The Morgan fingerprint density at radius 1 is 0.923 bits per heavy atom. The van der Waals surface area contributed by atoms with E-state index in [1.54, 1.807) is 0 Å². The molecule has 0 aromatic carbocycles. The molecule has 26 heavy (non-hydrogen) atoms. The van der Waals surface area contributed by atoms with Crippen LogP contribution in [0.2, 0.25) is 0 Å². The zero-order valence-corrected chi connectivity index (χ0v) is 13.7. The molecule has 9 N–H and O–H groups in total. The Kier molecular flexibility index (Phi) is 9.95. The molecule has 13 heteroatoms. The molecule has 0 saturated heterocycles. The van der Waals surface area contributed by atoms with Crippen LogP contribution >= 0.6 is 0 Å². The molecule has 146 valence electrons. The molecule has 4 amide bonds. The molecular formula is C13H21N5O8. The first-order chi connectivity index (χ1) is 12.0. The first-order valence-electron chi connectivity index (χ1n) is 7.35. The molecule has 0 bridgehead atoms. The lowest BCUT2D eigenvalue weighted by Gasteiger charge is -2.13. The summed E-state index contributed by atoms with van der Waals surface area (Å²) >= 11 is 0. The van der Waals surface area contributed by atoms with Crippen molar-refractivity contribution in [1.82, 2.24) is 16.0 Å². The van der Waals surface area contributed by atoms with E-state index in [4.69, 9.17) is 21.7 Å². The second kappa shape index (κ2) is 11.4. The Balaban J connectivity index is 4.19. The van der Waals surface area contributed by atoms with Gasteiger partial charge in [-0.05, 0) is 6.42 Å². The number of carbonyl (C=O) groups excluding carboxylic acids is 4. The highest BCUT2D eigenvalue weighted by molar-refractivity contribution is 5.91. The van der Waals surface area contributed by atoms with E-state index in [1.165, 1.54) is 0 Å². The molecule has 0 aliphatic heterocycles. The van der Waals surface area contributed by atoms with Crippen LogP contribution in [0, 0.1) is 0 Å². The molecule has 0 fully saturated rings. The number of rotatable bonds is 12. The van der Waals surface area contributed by atoms with Gasteiger partial charge in [0.25, 0.3) is 0 Å². The van der Waals surface area contributed by atoms with E-state index < -0.39 is 67.2 Å². The van der Waals surface area contributed by atoms with Gasteiger partial charge in [-0.1, -0.05) is 0 Å². The van der Waals surface area contributed by atoms with Gasteiger partial charge < -0.3 is 37.6 Å². The van der Waals surface area contributed by atoms with Gasteiger partial charge in [0.2, 0.25) is 23.6 Å². The molecule has 0 spiro atoms. The number of carboxylic acids is 2. The van der Waals surface area contributed by atoms with Crippen molar-refractivity contribution in [3.63, 3.8) is 0 Å². The van der Waals surface area contributed by atoms with Gasteiger partial charge in [-0.3, -0.25) is 24.0 Å². The normalized spacial score (nSPS) is 12.3. The summed E-state index contributed by atoms with van der Waals surface area (Å²) in [4.78, 5) is 66.4. The number of carboxylic acid groups (broad SMARTS) is 2. The third-order valence-corrected chi connectivity index (χ3v) is 2.92. The summed E-state index contributed by atoms with van der Waals surface area (Å²) in [5, 5.41) is 23.5. The first kappa shape index (κ1) is 22.8. The smallest absolute Gasteiger partial charge is 0.326 e. The second-order valence-electron chi connectivity index (χ2n) is 5.16. The van der Waals surface area contributed by atoms with Crippen LogP contribution in [0.3, 0.4) is 0 Å². The van der Waals surface area contributed by atoms with Crippen LogP contribution in [0.25, 0.3) is 0 Å². The van der Waals surface area contributed by atoms with Crippen LogP contribution in [0.4, 0.5) is 0 Å². The molecule has 0 aliphatic rings. The molecule has 0 aliphatic carbocycles. The topological polar surface area (TPSA) is 231 Å². The minimum Gasteiger partial charge on any atom is -0.481 e. The van der Waals surface area contributed by atoms with Gasteiger partial charge in [0.05, 0.1) is 25.6 Å². The molecule has 0 saturated carbocycles. The number of amides is 4. The fourth-order valence-corrected chi connectivity index (χ4v) is 1.59. The molecule has 13 nitrogen and oxygen atoms in total. The average molecular weight is 375 g/mol. The van der Waals surface area contributed by atoms with Gasteiger partial charge in [0.1, 0.15) is 6.04 Å². The third-order valence-electron chi connectivity index (χ3n) is 2.92. The van der Waals surface area contributed by atoms with Crippen molar-refractivity contribution in [3.8, 4) is 0 Å². The van der Waals surface area contributed by atoms with Crippen molar-refractivity contribution in [2.75, 3.05) is 13.1 Å². The van der Waals surface area contributed by atoms with Gasteiger partial charge in [-0.2, -0.15) is 0 Å². The van der Waals surface area contributed by atoms with Crippen LogP contribution < -0.4 is 27.4 Å². The summed E-state index contributed by atoms with van der Waals surface area (Å²) in [5.74, 6) is -5.96. The fraction of sp³-hybridized carbons (Fsp3) is 0.538. The minimum absolute atomic E-state index is 0.00530. The highest BCUT2D eigenvalue weighted by Gasteiger charge is 2.23. The lowest BCUT2D eigenvalue weighted by molar-refractivity contribution is -0.147. The monoisotopic (exact) mass is 375 g/mol. The summed E-state index contributed by atoms with van der Waals surface area (Å²) in [5.41, 5.74) is 10.4. The zero-order chi connectivity index (χ0) is 20.3. The first-order valence-corrected chi connectivity index (χ1v) is 7.35. The molecular weight excluding hydrogens is 354 g/mol. The van der Waals surface area contributed by atoms with Crippen LogP contribution in [-0.4, -0.2) is 71.0 Å². The SMILES string of the molecule is NC(=O)CCC(N)C(=O)NCC(=O)NCC(=O)NC(CC(=O)O)C(=O)O. The standard InChI is InChI=1S/C13H21N5O8/c14-6(1-2-8(15)19)12(24)17-4-9(20)16-5-10(21)18-7(13(25)26)3-11(22)23/h6-7H,1-5,14H2,(H2,15,19)(H,16,20)(H,17,24)(H,18,21)(H,22,23)(H,25,26). The predicted octanol–water partition coefficient (Wildman–Crippen LogP) is -4.14. The van der Waals surface area contributed by atoms with Crippen LogP contribution in [0.1, 0.15) is 19.3 Å². The number of hydrogen-bond donors (Lipinski definition) is 7. The molecule has 2 atom stereocenters. The molecule has 0 heterocycles. The largest absolute Gasteiger partial charge is 0.481 e. The van der Waals surface area contributed by atoms with Crippen molar-refractivity contribution >= 4 is 35.6 Å². The number of primary amides is 1. The maximum Gasteiger partial charge on any atom is 0.326 e. The lowest BCUT2D eigenvalue weighted by atomic mass is 10.1. The number of nitrogens with two attached hydrogens (primary N) is 2. The number of carbonyl (C=O) groups is 6. The predicted molar refractivity (Wildman–Crippen MR) is 84.2 cm³/mol. The van der Waals surface area contributed by atoms with E-state index in [2.05, 4.69) is 10.6 Å². The van der Waals surface area contributed by atoms with Crippen molar-refractivity contribution in [1.29, 1.82) is 0 Å². The maximum atomic E-state index is 11.6. The highest BCUT2D eigenvalue weighted by Crippen LogP contribution is 1.94. The van der Waals surface area contributed by atoms with Crippen LogP contribution in [-0.2, 0) is 28.8 Å². The number of nitrogens with one attached hydrogen (secondary N) is 3. The van der Waals surface area contributed by atoms with E-state index in [-0.39, 0.29) is 12.8 Å². The molecule has 0 radical (unpaired) electrons. The minimum atomic E-state index is -1.64. The van der Waals surface area contributed by atoms with Crippen LogP contribution in [0.5, 0.6) is 0 Å². The number of aliphatic carboxylic acids is 2. The summed E-state index contributed by atoms with van der Waals surface area (Å²) in [6.45, 7) is -1.13. The van der Waals surface area contributed by atoms with E-state index in [1.807, 2.05) is 5.32 Å². The maximum absolute atomic E-state index is 11.6. The molecule has 0 aromatic rings. The van der Waals surface area contributed by atoms with Crippen molar-refractivity contribution < 1.29 is 39.0 Å². The van der Waals surface area contributed by atoms with Crippen molar-refractivity contribution in [3.05, 3.63) is 0 Å². The number of hydrogen-bond acceptors (Lipinski definition) is 7. The van der Waals surface area contributed by atoms with E-state index in [0.29, 0.717) is 0 Å². The van der Waals surface area contributed by atoms with Crippen molar-refractivity contribution in [2.45, 2.75) is 31.3 Å². The fourth-order valence-electron chi connectivity index (χ4n) is 1.59. The Bertz CT molecular complexity index is 579. The quantitative estimate of drug-likeness (QED) is 0.175. The van der Waals surface area contributed by atoms with Crippen LogP contribution in [0.15, 0.2) is 0 Å². The van der Waals surface area contributed by atoms with E-state index >= 15 is 0 Å². The average Bonchev–Trinajstić information content (AvgIpc) is 2.54. The Morgan fingerprint density at radius 2 is 1.50 bits per heavy atom. The van der Waals surface area contributed by atoms with Gasteiger partial charge >= 0.3 is 11.9 Å². The van der Waals surface area contributed by atoms with Gasteiger partial charge in [-0.25, -0.2) is 4.79 Å². The summed E-state index contributed by atoms with van der Waals surface area (Å²) < 4.78 is 0. The summed E-state index contributed by atoms with van der Waals surface area (Å²) in [6.07, 6.45) is -0.915. The van der Waals surface area contributed by atoms with Crippen molar-refractivity contribution in [2.24, 2.45) is 11.5 Å². The zero-order valence-electron chi connectivity index (χ0n) is 13.7. The highest BCUT2D eigenvalue weighted by atomic mass is 16.4. The Hall–Kier alpha value is -3.22. The van der Waals surface area contributed by atoms with Gasteiger partial charge in [0.15, 0.2) is 0 Å². The third kappa shape index (κ3) is 10.5.